The van der Waals surface area contributed by atoms with Gasteiger partial charge in [-0.2, -0.15) is 8.78 Å². The highest BCUT2D eigenvalue weighted by atomic mass is 32.2. The first-order chi connectivity index (χ1) is 13.1. The van der Waals surface area contributed by atoms with Crippen molar-refractivity contribution >= 4 is 27.6 Å². The second-order valence-electron chi connectivity index (χ2n) is 5.51. The molecule has 0 radical (unpaired) electrons. The van der Waals surface area contributed by atoms with E-state index in [0.717, 1.165) is 0 Å². The number of primary sulfonamides is 1. The van der Waals surface area contributed by atoms with E-state index in [1.54, 1.807) is 0 Å². The van der Waals surface area contributed by atoms with Gasteiger partial charge in [0, 0.05) is 5.69 Å². The standard InChI is InChI=1S/C17H16F2N2O6S/c1-10(15(22)21-12-4-8-14(9-5-12)28(20,24)25)26-16(23)11-2-6-13(7-3-11)27-17(18)19/h2-10,17H,1H3,(H,21,22)(H2,20,24,25)/t10-/m0/s1. The molecule has 0 spiro atoms. The normalized spacial score (nSPS) is 12.3. The zero-order chi connectivity index (χ0) is 20.9. The molecule has 0 fully saturated rings. The summed E-state index contributed by atoms with van der Waals surface area (Å²) < 4.78 is 55.8. The predicted molar refractivity (Wildman–Crippen MR) is 94.4 cm³/mol. The molecule has 28 heavy (non-hydrogen) atoms. The van der Waals surface area contributed by atoms with Crippen molar-refractivity contribution in [2.75, 3.05) is 5.32 Å². The van der Waals surface area contributed by atoms with E-state index < -0.39 is 34.6 Å². The monoisotopic (exact) mass is 414 g/mol. The number of hydrogen-bond donors (Lipinski definition) is 2. The number of halogens is 2. The highest BCUT2D eigenvalue weighted by Crippen LogP contribution is 2.17. The van der Waals surface area contributed by atoms with Crippen LogP contribution < -0.4 is 15.2 Å². The second-order valence-corrected chi connectivity index (χ2v) is 7.07. The minimum atomic E-state index is -3.85. The van der Waals surface area contributed by atoms with Gasteiger partial charge in [-0.25, -0.2) is 18.4 Å². The molecule has 2 rings (SSSR count). The SMILES string of the molecule is C[C@H](OC(=O)c1ccc(OC(F)F)cc1)C(=O)Nc1ccc(S(N)(=O)=O)cc1. The Kier molecular flexibility index (Phi) is 6.65. The number of benzene rings is 2. The number of amides is 1. The quantitative estimate of drug-likeness (QED) is 0.669. The topological polar surface area (TPSA) is 125 Å². The van der Waals surface area contributed by atoms with Crippen LogP contribution in [0.4, 0.5) is 14.5 Å². The number of carbonyl (C=O) groups excluding carboxylic acids is 2. The molecule has 0 saturated carbocycles. The molecule has 3 N–H and O–H groups in total. The fourth-order valence-corrected chi connectivity index (χ4v) is 2.54. The Labute approximate surface area is 159 Å². The van der Waals surface area contributed by atoms with Crippen molar-refractivity contribution in [1.29, 1.82) is 0 Å². The molecule has 11 heteroatoms. The lowest BCUT2D eigenvalue weighted by molar-refractivity contribution is -0.123. The number of carbonyl (C=O) groups is 2. The fraction of sp³-hybridized carbons (Fsp3) is 0.176. The van der Waals surface area contributed by atoms with Gasteiger partial charge in [-0.1, -0.05) is 0 Å². The van der Waals surface area contributed by atoms with E-state index in [9.17, 15) is 26.8 Å². The summed E-state index contributed by atoms with van der Waals surface area (Å²) in [6, 6.07) is 9.85. The molecule has 0 aliphatic carbocycles. The van der Waals surface area contributed by atoms with Crippen LogP contribution >= 0.6 is 0 Å². The zero-order valence-corrected chi connectivity index (χ0v) is 15.3. The lowest BCUT2D eigenvalue weighted by Crippen LogP contribution is -2.30. The van der Waals surface area contributed by atoms with Crippen molar-refractivity contribution in [2.45, 2.75) is 24.5 Å². The Morgan fingerprint density at radius 3 is 2.11 bits per heavy atom. The summed E-state index contributed by atoms with van der Waals surface area (Å²) in [4.78, 5) is 24.0. The van der Waals surface area contributed by atoms with Crippen LogP contribution in [0.25, 0.3) is 0 Å². The molecular formula is C17H16F2N2O6S. The number of hydrogen-bond acceptors (Lipinski definition) is 6. The van der Waals surface area contributed by atoms with Crippen LogP contribution in [0.1, 0.15) is 17.3 Å². The van der Waals surface area contributed by atoms with E-state index >= 15 is 0 Å². The Morgan fingerprint density at radius 1 is 1.04 bits per heavy atom. The minimum absolute atomic E-state index is 0.0405. The largest absolute Gasteiger partial charge is 0.449 e. The first kappa shape index (κ1) is 21.3. The van der Waals surface area contributed by atoms with Gasteiger partial charge in [0.2, 0.25) is 10.0 Å². The molecule has 2 aromatic rings. The van der Waals surface area contributed by atoms with Gasteiger partial charge < -0.3 is 14.8 Å². The Morgan fingerprint density at radius 2 is 1.61 bits per heavy atom. The molecule has 0 unspecified atom stereocenters. The van der Waals surface area contributed by atoms with Crippen LogP contribution in [0.5, 0.6) is 5.75 Å². The molecule has 1 atom stereocenters. The fourth-order valence-electron chi connectivity index (χ4n) is 2.03. The van der Waals surface area contributed by atoms with Crippen LogP contribution in [0.3, 0.4) is 0 Å². The van der Waals surface area contributed by atoms with Crippen molar-refractivity contribution in [3.8, 4) is 5.75 Å². The number of rotatable bonds is 7. The van der Waals surface area contributed by atoms with Gasteiger partial charge in [-0.05, 0) is 55.5 Å². The van der Waals surface area contributed by atoms with Gasteiger partial charge in [-0.3, -0.25) is 4.79 Å². The summed E-state index contributed by atoms with van der Waals surface area (Å²) in [5.74, 6) is -1.62. The van der Waals surface area contributed by atoms with Crippen molar-refractivity contribution in [1.82, 2.24) is 0 Å². The number of alkyl halides is 2. The predicted octanol–water partition coefficient (Wildman–Crippen LogP) is 2.12. The third-order valence-corrected chi connectivity index (χ3v) is 4.35. The van der Waals surface area contributed by atoms with Crippen molar-refractivity contribution in [3.63, 3.8) is 0 Å². The molecule has 0 heterocycles. The molecule has 0 aliphatic rings. The maximum absolute atomic E-state index is 12.1. The van der Waals surface area contributed by atoms with Crippen molar-refractivity contribution < 1.29 is 36.3 Å². The summed E-state index contributed by atoms with van der Waals surface area (Å²) >= 11 is 0. The lowest BCUT2D eigenvalue weighted by Gasteiger charge is -2.14. The highest BCUT2D eigenvalue weighted by molar-refractivity contribution is 7.89. The lowest BCUT2D eigenvalue weighted by atomic mass is 10.2. The van der Waals surface area contributed by atoms with E-state index in [0.29, 0.717) is 0 Å². The maximum atomic E-state index is 12.1. The van der Waals surface area contributed by atoms with Gasteiger partial charge in [0.05, 0.1) is 10.5 Å². The summed E-state index contributed by atoms with van der Waals surface area (Å²) in [5.41, 5.74) is 0.313. The Hall–Kier alpha value is -3.05. The number of anilines is 1. The third kappa shape index (κ3) is 5.99. The first-order valence-corrected chi connectivity index (χ1v) is 9.30. The van der Waals surface area contributed by atoms with Crippen molar-refractivity contribution in [2.24, 2.45) is 5.14 Å². The molecule has 8 nitrogen and oxygen atoms in total. The van der Waals surface area contributed by atoms with Crippen LogP contribution in [-0.4, -0.2) is 33.0 Å². The van der Waals surface area contributed by atoms with E-state index in [2.05, 4.69) is 10.1 Å². The van der Waals surface area contributed by atoms with Crippen molar-refractivity contribution in [3.05, 3.63) is 54.1 Å². The third-order valence-electron chi connectivity index (χ3n) is 3.42. The maximum Gasteiger partial charge on any atom is 0.387 e. The molecule has 0 bridgehead atoms. The van der Waals surface area contributed by atoms with Crippen LogP contribution in [-0.2, 0) is 19.6 Å². The van der Waals surface area contributed by atoms with Gasteiger partial charge in [-0.15, -0.1) is 0 Å². The molecule has 0 aromatic heterocycles. The Balaban J connectivity index is 1.95. The summed E-state index contributed by atoms with van der Waals surface area (Å²) in [5, 5.41) is 7.43. The molecule has 0 aliphatic heterocycles. The minimum Gasteiger partial charge on any atom is -0.449 e. The average Bonchev–Trinajstić information content (AvgIpc) is 2.61. The van der Waals surface area contributed by atoms with Gasteiger partial charge >= 0.3 is 12.6 Å². The van der Waals surface area contributed by atoms with Gasteiger partial charge in [0.15, 0.2) is 6.10 Å². The Bertz CT molecular complexity index is 947. The smallest absolute Gasteiger partial charge is 0.387 e. The number of nitrogens with two attached hydrogens (primary N) is 1. The molecular weight excluding hydrogens is 398 g/mol. The summed E-state index contributed by atoms with van der Waals surface area (Å²) in [6.45, 7) is -1.65. The van der Waals surface area contributed by atoms with E-state index in [1.807, 2.05) is 0 Å². The van der Waals surface area contributed by atoms with E-state index in [-0.39, 0.29) is 21.9 Å². The molecule has 1 amide bonds. The number of ether oxygens (including phenoxy) is 2. The second kappa shape index (κ2) is 8.76. The molecule has 2 aromatic carbocycles. The summed E-state index contributed by atoms with van der Waals surface area (Å²) in [7, 11) is -3.85. The van der Waals surface area contributed by atoms with Gasteiger partial charge in [0.1, 0.15) is 5.75 Å². The zero-order valence-electron chi connectivity index (χ0n) is 14.5. The number of nitrogens with one attached hydrogen (secondary N) is 1. The van der Waals surface area contributed by atoms with Crippen LogP contribution in [0.15, 0.2) is 53.4 Å². The van der Waals surface area contributed by atoms with Crippen LogP contribution in [0.2, 0.25) is 0 Å². The molecule has 0 saturated heterocycles. The van der Waals surface area contributed by atoms with Gasteiger partial charge in [0.25, 0.3) is 5.91 Å². The summed E-state index contributed by atoms with van der Waals surface area (Å²) in [6.07, 6.45) is -1.18. The molecule has 150 valence electrons. The first-order valence-electron chi connectivity index (χ1n) is 7.76. The number of esters is 1. The highest BCUT2D eigenvalue weighted by Gasteiger charge is 2.19. The number of sulfonamides is 1. The van der Waals surface area contributed by atoms with E-state index in [4.69, 9.17) is 9.88 Å². The average molecular weight is 414 g/mol. The van der Waals surface area contributed by atoms with Crippen LogP contribution in [0, 0.1) is 0 Å². The van der Waals surface area contributed by atoms with E-state index in [1.165, 1.54) is 55.5 Å².